The van der Waals surface area contributed by atoms with E-state index in [0.717, 1.165) is 35.5 Å². The van der Waals surface area contributed by atoms with Gasteiger partial charge in [0.2, 0.25) is 5.95 Å². The zero-order valence-electron chi connectivity index (χ0n) is 12.0. The first-order chi connectivity index (χ1) is 9.60. The number of nitrogens with one attached hydrogen (secondary N) is 2. The summed E-state index contributed by atoms with van der Waals surface area (Å²) in [6.07, 6.45) is 2.61. The fourth-order valence-corrected chi connectivity index (χ4v) is 2.00. The molecule has 0 saturated heterocycles. The van der Waals surface area contributed by atoms with Gasteiger partial charge in [-0.05, 0) is 43.5 Å². The lowest BCUT2D eigenvalue weighted by Crippen LogP contribution is -2.10. The van der Waals surface area contributed by atoms with Crippen molar-refractivity contribution in [3.63, 3.8) is 0 Å². The van der Waals surface area contributed by atoms with Crippen LogP contribution in [-0.2, 0) is 6.42 Å². The molecule has 0 spiro atoms. The van der Waals surface area contributed by atoms with E-state index in [1.54, 1.807) is 19.3 Å². The standard InChI is InChI=1S/C15H19FN4/c1-10-8-13(16)5-4-12(10)6-7-18-14-11(2)9-19-15(17-3)20-14/h4-5,8-9H,6-7H2,1-3H3,(H2,17,18,19,20). The molecule has 2 N–H and O–H groups in total. The molecule has 0 bridgehead atoms. The molecule has 0 saturated carbocycles. The van der Waals surface area contributed by atoms with Gasteiger partial charge in [0.25, 0.3) is 0 Å². The van der Waals surface area contributed by atoms with E-state index in [9.17, 15) is 4.39 Å². The largest absolute Gasteiger partial charge is 0.369 e. The van der Waals surface area contributed by atoms with Crippen molar-refractivity contribution in [1.29, 1.82) is 0 Å². The van der Waals surface area contributed by atoms with Crippen LogP contribution in [0.15, 0.2) is 24.4 Å². The summed E-state index contributed by atoms with van der Waals surface area (Å²) in [6.45, 7) is 4.63. The van der Waals surface area contributed by atoms with Gasteiger partial charge in [-0.3, -0.25) is 0 Å². The minimum atomic E-state index is -0.190. The molecule has 106 valence electrons. The lowest BCUT2D eigenvalue weighted by atomic mass is 10.1. The molecule has 0 fully saturated rings. The van der Waals surface area contributed by atoms with Gasteiger partial charge in [-0.2, -0.15) is 4.98 Å². The third kappa shape index (κ3) is 3.44. The Morgan fingerprint density at radius 3 is 2.70 bits per heavy atom. The molecule has 0 unspecified atom stereocenters. The minimum absolute atomic E-state index is 0.190. The molecule has 0 amide bonds. The van der Waals surface area contributed by atoms with E-state index in [0.29, 0.717) is 5.95 Å². The van der Waals surface area contributed by atoms with Gasteiger partial charge in [0.15, 0.2) is 0 Å². The summed E-state index contributed by atoms with van der Waals surface area (Å²) in [4.78, 5) is 8.51. The molecule has 0 aliphatic rings. The quantitative estimate of drug-likeness (QED) is 0.880. The molecule has 0 aliphatic heterocycles. The molecule has 0 atom stereocenters. The molecular weight excluding hydrogens is 255 g/mol. The maximum atomic E-state index is 13.0. The Hall–Kier alpha value is -2.17. The summed E-state index contributed by atoms with van der Waals surface area (Å²) in [5.74, 6) is 1.23. The number of halogens is 1. The van der Waals surface area contributed by atoms with Gasteiger partial charge in [-0.1, -0.05) is 6.07 Å². The van der Waals surface area contributed by atoms with Gasteiger partial charge in [0, 0.05) is 25.4 Å². The summed E-state index contributed by atoms with van der Waals surface area (Å²) in [6, 6.07) is 4.89. The zero-order valence-corrected chi connectivity index (χ0v) is 12.0. The van der Waals surface area contributed by atoms with E-state index in [1.807, 2.05) is 19.9 Å². The summed E-state index contributed by atoms with van der Waals surface area (Å²) >= 11 is 0. The molecule has 2 aromatic rings. The van der Waals surface area contributed by atoms with Crippen LogP contribution in [0.2, 0.25) is 0 Å². The molecule has 1 heterocycles. The summed E-state index contributed by atoms with van der Waals surface area (Å²) in [5.41, 5.74) is 3.11. The van der Waals surface area contributed by atoms with Crippen molar-refractivity contribution < 1.29 is 4.39 Å². The van der Waals surface area contributed by atoms with Crippen molar-refractivity contribution in [3.8, 4) is 0 Å². The van der Waals surface area contributed by atoms with E-state index in [4.69, 9.17) is 0 Å². The van der Waals surface area contributed by atoms with Crippen LogP contribution < -0.4 is 10.6 Å². The summed E-state index contributed by atoms with van der Waals surface area (Å²) in [7, 11) is 1.79. The third-order valence-corrected chi connectivity index (χ3v) is 3.19. The Morgan fingerprint density at radius 1 is 1.20 bits per heavy atom. The van der Waals surface area contributed by atoms with E-state index in [1.165, 1.54) is 6.07 Å². The van der Waals surface area contributed by atoms with Gasteiger partial charge >= 0.3 is 0 Å². The van der Waals surface area contributed by atoms with E-state index in [2.05, 4.69) is 20.6 Å². The molecule has 20 heavy (non-hydrogen) atoms. The first-order valence-corrected chi connectivity index (χ1v) is 6.60. The highest BCUT2D eigenvalue weighted by atomic mass is 19.1. The maximum Gasteiger partial charge on any atom is 0.224 e. The summed E-state index contributed by atoms with van der Waals surface area (Å²) < 4.78 is 13.0. The number of hydrogen-bond donors (Lipinski definition) is 2. The number of hydrogen-bond acceptors (Lipinski definition) is 4. The van der Waals surface area contributed by atoms with E-state index >= 15 is 0 Å². The average Bonchev–Trinajstić information content (AvgIpc) is 2.43. The van der Waals surface area contributed by atoms with Crippen LogP contribution in [0.5, 0.6) is 0 Å². The second kappa shape index (κ2) is 6.32. The molecule has 1 aromatic carbocycles. The average molecular weight is 274 g/mol. The second-order valence-corrected chi connectivity index (χ2v) is 4.72. The van der Waals surface area contributed by atoms with Crippen molar-refractivity contribution >= 4 is 11.8 Å². The number of anilines is 2. The van der Waals surface area contributed by atoms with Crippen LogP contribution in [0.25, 0.3) is 0 Å². The number of rotatable bonds is 5. The highest BCUT2D eigenvalue weighted by Crippen LogP contribution is 2.14. The lowest BCUT2D eigenvalue weighted by Gasteiger charge is -2.11. The topological polar surface area (TPSA) is 49.8 Å². The number of aryl methyl sites for hydroxylation is 2. The monoisotopic (exact) mass is 274 g/mol. The Balaban J connectivity index is 1.99. The predicted molar refractivity (Wildman–Crippen MR) is 79.6 cm³/mol. The normalized spacial score (nSPS) is 10.4. The highest BCUT2D eigenvalue weighted by Gasteiger charge is 2.04. The SMILES string of the molecule is CNc1ncc(C)c(NCCc2ccc(F)cc2C)n1. The fourth-order valence-electron chi connectivity index (χ4n) is 2.00. The lowest BCUT2D eigenvalue weighted by molar-refractivity contribution is 0.625. The molecule has 0 radical (unpaired) electrons. The smallest absolute Gasteiger partial charge is 0.224 e. The van der Waals surface area contributed by atoms with Crippen LogP contribution in [0.1, 0.15) is 16.7 Å². The van der Waals surface area contributed by atoms with Crippen LogP contribution in [0.4, 0.5) is 16.2 Å². The van der Waals surface area contributed by atoms with Crippen LogP contribution >= 0.6 is 0 Å². The van der Waals surface area contributed by atoms with Gasteiger partial charge < -0.3 is 10.6 Å². The van der Waals surface area contributed by atoms with Crippen LogP contribution in [-0.4, -0.2) is 23.6 Å². The Kier molecular flexibility index (Phi) is 4.50. The number of aromatic nitrogens is 2. The van der Waals surface area contributed by atoms with Crippen molar-refractivity contribution in [2.24, 2.45) is 0 Å². The summed E-state index contributed by atoms with van der Waals surface area (Å²) in [5, 5.41) is 6.21. The number of nitrogens with zero attached hydrogens (tertiary/aromatic N) is 2. The first-order valence-electron chi connectivity index (χ1n) is 6.60. The molecular formula is C15H19FN4. The zero-order chi connectivity index (χ0) is 14.5. The Morgan fingerprint density at radius 2 is 2.00 bits per heavy atom. The maximum absolute atomic E-state index is 13.0. The van der Waals surface area contributed by atoms with Crippen LogP contribution in [0.3, 0.4) is 0 Å². The van der Waals surface area contributed by atoms with Crippen LogP contribution in [0, 0.1) is 19.7 Å². The highest BCUT2D eigenvalue weighted by molar-refractivity contribution is 5.46. The predicted octanol–water partition coefficient (Wildman–Crippen LogP) is 2.93. The van der Waals surface area contributed by atoms with E-state index < -0.39 is 0 Å². The van der Waals surface area contributed by atoms with E-state index in [-0.39, 0.29) is 5.82 Å². The molecule has 4 nitrogen and oxygen atoms in total. The van der Waals surface area contributed by atoms with Crippen molar-refractivity contribution in [3.05, 3.63) is 46.9 Å². The van der Waals surface area contributed by atoms with Crippen molar-refractivity contribution in [2.45, 2.75) is 20.3 Å². The van der Waals surface area contributed by atoms with Gasteiger partial charge in [0.1, 0.15) is 11.6 Å². The minimum Gasteiger partial charge on any atom is -0.369 e. The molecule has 5 heteroatoms. The molecule has 2 rings (SSSR count). The fraction of sp³-hybridized carbons (Fsp3) is 0.333. The molecule has 1 aromatic heterocycles. The second-order valence-electron chi connectivity index (χ2n) is 4.72. The Bertz CT molecular complexity index is 598. The molecule has 0 aliphatic carbocycles. The van der Waals surface area contributed by atoms with Gasteiger partial charge in [0.05, 0.1) is 0 Å². The Labute approximate surface area is 118 Å². The number of benzene rings is 1. The van der Waals surface area contributed by atoms with Crippen molar-refractivity contribution in [1.82, 2.24) is 9.97 Å². The first kappa shape index (κ1) is 14.2. The van der Waals surface area contributed by atoms with Crippen molar-refractivity contribution in [2.75, 3.05) is 24.2 Å². The van der Waals surface area contributed by atoms with Gasteiger partial charge in [-0.15, -0.1) is 0 Å². The van der Waals surface area contributed by atoms with Gasteiger partial charge in [-0.25, -0.2) is 9.37 Å². The third-order valence-electron chi connectivity index (χ3n) is 3.19.